The zero-order chi connectivity index (χ0) is 19.5. The van der Waals surface area contributed by atoms with Crippen molar-refractivity contribution in [3.63, 3.8) is 0 Å². The number of hydrogen-bond acceptors (Lipinski definition) is 5. The zero-order valence-corrected chi connectivity index (χ0v) is 16.1. The largest absolute Gasteiger partial charge is 0.457 e. The van der Waals surface area contributed by atoms with Gasteiger partial charge >= 0.3 is 0 Å². The lowest BCUT2D eigenvalue weighted by molar-refractivity contribution is -0.119. The van der Waals surface area contributed by atoms with Crippen LogP contribution in [0.25, 0.3) is 0 Å². The highest BCUT2D eigenvalue weighted by molar-refractivity contribution is 7.90. The van der Waals surface area contributed by atoms with Crippen molar-refractivity contribution >= 4 is 21.4 Å². The van der Waals surface area contributed by atoms with E-state index >= 15 is 0 Å². The average molecular weight is 376 g/mol. The number of hydrogen-bond donors (Lipinski definition) is 2. The molecule has 1 amide bonds. The van der Waals surface area contributed by atoms with E-state index in [0.29, 0.717) is 17.2 Å². The van der Waals surface area contributed by atoms with E-state index in [0.717, 1.165) is 6.26 Å². The Morgan fingerprint density at radius 1 is 1.08 bits per heavy atom. The van der Waals surface area contributed by atoms with Gasteiger partial charge in [0.15, 0.2) is 9.84 Å². The van der Waals surface area contributed by atoms with Crippen LogP contribution >= 0.6 is 0 Å². The number of carbonyl (C=O) groups is 1. The van der Waals surface area contributed by atoms with Crippen LogP contribution in [0.4, 0.5) is 5.69 Å². The van der Waals surface area contributed by atoms with Gasteiger partial charge in [-0.2, -0.15) is 0 Å². The first-order valence-corrected chi connectivity index (χ1v) is 10.0. The van der Waals surface area contributed by atoms with Crippen LogP contribution in [-0.2, 0) is 14.6 Å². The molecule has 1 atom stereocenters. The minimum atomic E-state index is -3.30. The third-order valence-corrected chi connectivity index (χ3v) is 4.92. The quantitative estimate of drug-likeness (QED) is 0.835. The van der Waals surface area contributed by atoms with Crippen molar-refractivity contribution in [2.24, 2.45) is 11.1 Å². The molecule has 0 saturated carbocycles. The molecule has 0 heterocycles. The molecule has 0 saturated heterocycles. The van der Waals surface area contributed by atoms with Gasteiger partial charge in [0.05, 0.1) is 10.9 Å². The number of rotatable bonds is 5. The molecule has 0 spiro atoms. The van der Waals surface area contributed by atoms with E-state index in [1.165, 1.54) is 12.1 Å². The van der Waals surface area contributed by atoms with Crippen LogP contribution < -0.4 is 15.8 Å². The first-order valence-electron chi connectivity index (χ1n) is 8.11. The summed E-state index contributed by atoms with van der Waals surface area (Å²) in [6.45, 7) is 5.70. The van der Waals surface area contributed by atoms with Gasteiger partial charge in [0.25, 0.3) is 0 Å². The zero-order valence-electron chi connectivity index (χ0n) is 15.3. The van der Waals surface area contributed by atoms with Gasteiger partial charge in [0, 0.05) is 11.9 Å². The smallest absolute Gasteiger partial charge is 0.241 e. The highest BCUT2D eigenvalue weighted by atomic mass is 32.2. The lowest BCUT2D eigenvalue weighted by Crippen LogP contribution is -2.45. The summed E-state index contributed by atoms with van der Waals surface area (Å²) in [5, 5.41) is 2.77. The van der Waals surface area contributed by atoms with Gasteiger partial charge in [-0.3, -0.25) is 4.79 Å². The Bertz CT molecular complexity index is 885. The second kappa shape index (κ2) is 7.47. The average Bonchev–Trinajstić information content (AvgIpc) is 2.54. The fraction of sp³-hybridized carbons (Fsp3) is 0.316. The van der Waals surface area contributed by atoms with Crippen LogP contribution in [0.15, 0.2) is 53.4 Å². The summed E-state index contributed by atoms with van der Waals surface area (Å²) in [4.78, 5) is 12.3. The first-order chi connectivity index (χ1) is 12.0. The van der Waals surface area contributed by atoms with Crippen LogP contribution in [0.2, 0.25) is 0 Å². The minimum Gasteiger partial charge on any atom is -0.457 e. The number of benzene rings is 2. The Morgan fingerprint density at radius 2 is 1.69 bits per heavy atom. The summed E-state index contributed by atoms with van der Waals surface area (Å²) < 4.78 is 28.9. The van der Waals surface area contributed by atoms with Gasteiger partial charge in [-0.1, -0.05) is 26.8 Å². The molecule has 0 aliphatic carbocycles. The Morgan fingerprint density at radius 3 is 2.23 bits per heavy atom. The lowest BCUT2D eigenvalue weighted by Gasteiger charge is -2.25. The molecular formula is C19H24N2O4S. The van der Waals surface area contributed by atoms with Gasteiger partial charge in [0.1, 0.15) is 11.5 Å². The summed E-state index contributed by atoms with van der Waals surface area (Å²) >= 11 is 0. The third-order valence-electron chi connectivity index (χ3n) is 3.81. The molecule has 2 aromatic carbocycles. The standard InChI is InChI=1S/C19H24N2O4S/c1-19(2,3)17(20)18(22)21-13-8-10-14(11-9-13)25-15-6-5-7-16(12-15)26(4,23)24/h5-12,17H,20H2,1-4H3,(H,21,22)/t17-/m1/s1. The van der Waals surface area contributed by atoms with Crippen molar-refractivity contribution in [1.29, 1.82) is 0 Å². The summed E-state index contributed by atoms with van der Waals surface area (Å²) in [5.41, 5.74) is 6.21. The van der Waals surface area contributed by atoms with E-state index in [4.69, 9.17) is 10.5 Å². The maximum Gasteiger partial charge on any atom is 0.241 e. The molecule has 0 aliphatic rings. The Kier molecular flexibility index (Phi) is 5.73. The number of anilines is 1. The maximum absolute atomic E-state index is 12.1. The SMILES string of the molecule is CC(C)(C)[C@H](N)C(=O)Nc1ccc(Oc2cccc(S(C)(=O)=O)c2)cc1. The predicted octanol–water partition coefficient (Wildman–Crippen LogP) is 3.19. The number of amides is 1. The molecule has 2 aromatic rings. The second-order valence-corrected chi connectivity index (χ2v) is 9.22. The Hall–Kier alpha value is -2.38. The van der Waals surface area contributed by atoms with Crippen LogP contribution in [0, 0.1) is 5.41 Å². The number of nitrogens with two attached hydrogens (primary N) is 1. The van der Waals surface area contributed by atoms with E-state index in [-0.39, 0.29) is 16.2 Å². The van der Waals surface area contributed by atoms with Gasteiger partial charge in [-0.05, 0) is 47.9 Å². The number of nitrogens with one attached hydrogen (secondary N) is 1. The topological polar surface area (TPSA) is 98.5 Å². The van der Waals surface area contributed by atoms with Gasteiger partial charge < -0.3 is 15.8 Å². The van der Waals surface area contributed by atoms with Crippen LogP contribution in [-0.4, -0.2) is 26.6 Å². The third kappa shape index (κ3) is 5.31. The van der Waals surface area contributed by atoms with E-state index in [2.05, 4.69) is 5.32 Å². The van der Waals surface area contributed by atoms with Gasteiger partial charge in [-0.15, -0.1) is 0 Å². The number of carbonyl (C=O) groups excluding carboxylic acids is 1. The van der Waals surface area contributed by atoms with Crippen molar-refractivity contribution in [3.8, 4) is 11.5 Å². The molecule has 0 aliphatic heterocycles. The molecule has 140 valence electrons. The van der Waals surface area contributed by atoms with E-state index in [1.807, 2.05) is 20.8 Å². The van der Waals surface area contributed by atoms with Crippen LogP contribution in [0.1, 0.15) is 20.8 Å². The lowest BCUT2D eigenvalue weighted by atomic mass is 9.87. The van der Waals surface area contributed by atoms with E-state index < -0.39 is 15.9 Å². The van der Waals surface area contributed by atoms with Gasteiger partial charge in [0.2, 0.25) is 5.91 Å². The fourth-order valence-electron chi connectivity index (χ4n) is 2.12. The summed E-state index contributed by atoms with van der Waals surface area (Å²) in [6.07, 6.45) is 1.14. The number of ether oxygens (including phenoxy) is 1. The maximum atomic E-state index is 12.1. The normalized spacial score (nSPS) is 13.1. The summed E-state index contributed by atoms with van der Waals surface area (Å²) in [7, 11) is -3.30. The molecule has 3 N–H and O–H groups in total. The predicted molar refractivity (Wildman–Crippen MR) is 102 cm³/mol. The first kappa shape index (κ1) is 19.9. The fourth-order valence-corrected chi connectivity index (χ4v) is 2.78. The molecule has 0 bridgehead atoms. The van der Waals surface area contributed by atoms with Crippen molar-refractivity contribution in [2.75, 3.05) is 11.6 Å². The highest BCUT2D eigenvalue weighted by Crippen LogP contribution is 2.25. The molecule has 7 heteroatoms. The summed E-state index contributed by atoms with van der Waals surface area (Å²) in [6, 6.07) is 12.4. The number of sulfone groups is 1. The van der Waals surface area contributed by atoms with Crippen molar-refractivity contribution in [2.45, 2.75) is 31.7 Å². The summed E-state index contributed by atoms with van der Waals surface area (Å²) in [5.74, 6) is 0.681. The molecule has 0 fully saturated rings. The van der Waals surface area contributed by atoms with Crippen LogP contribution in [0.3, 0.4) is 0 Å². The highest BCUT2D eigenvalue weighted by Gasteiger charge is 2.27. The monoisotopic (exact) mass is 376 g/mol. The Balaban J connectivity index is 2.08. The van der Waals surface area contributed by atoms with Crippen molar-refractivity contribution < 1.29 is 17.9 Å². The molecule has 6 nitrogen and oxygen atoms in total. The molecule has 0 radical (unpaired) electrons. The van der Waals surface area contributed by atoms with Crippen LogP contribution in [0.5, 0.6) is 11.5 Å². The second-order valence-electron chi connectivity index (χ2n) is 7.21. The molecular weight excluding hydrogens is 352 g/mol. The molecule has 2 rings (SSSR count). The van der Waals surface area contributed by atoms with E-state index in [1.54, 1.807) is 36.4 Å². The molecule has 0 unspecified atom stereocenters. The van der Waals surface area contributed by atoms with Crippen molar-refractivity contribution in [3.05, 3.63) is 48.5 Å². The molecule has 0 aromatic heterocycles. The minimum absolute atomic E-state index is 0.190. The van der Waals surface area contributed by atoms with Crippen molar-refractivity contribution in [1.82, 2.24) is 0 Å². The van der Waals surface area contributed by atoms with Gasteiger partial charge in [-0.25, -0.2) is 8.42 Å². The molecule has 26 heavy (non-hydrogen) atoms. The Labute approximate surface area is 154 Å². The van der Waals surface area contributed by atoms with E-state index in [9.17, 15) is 13.2 Å².